The fourth-order valence-corrected chi connectivity index (χ4v) is 4.18. The van der Waals surface area contributed by atoms with Crippen LogP contribution in [0.1, 0.15) is 94.9 Å². The van der Waals surface area contributed by atoms with E-state index < -0.39 is 0 Å². The summed E-state index contributed by atoms with van der Waals surface area (Å²) in [6, 6.07) is 0. The zero-order chi connectivity index (χ0) is 16.7. The van der Waals surface area contributed by atoms with Crippen LogP contribution in [0.2, 0.25) is 0 Å². The van der Waals surface area contributed by atoms with Crippen molar-refractivity contribution in [2.75, 3.05) is 0 Å². The molecule has 0 radical (unpaired) electrons. The van der Waals surface area contributed by atoms with Crippen LogP contribution in [-0.2, 0) is 0 Å². The summed E-state index contributed by atoms with van der Waals surface area (Å²) >= 11 is 0. The lowest BCUT2D eigenvalue weighted by atomic mass is 9.74. The highest BCUT2D eigenvalue weighted by molar-refractivity contribution is 5.07. The van der Waals surface area contributed by atoms with Crippen LogP contribution in [-0.4, -0.2) is 22.2 Å². The average Bonchev–Trinajstić information content (AvgIpc) is 2.58. The summed E-state index contributed by atoms with van der Waals surface area (Å²) in [5.74, 6) is 0. The van der Waals surface area contributed by atoms with Crippen molar-refractivity contribution in [1.82, 2.24) is 10.6 Å². The van der Waals surface area contributed by atoms with Crippen molar-refractivity contribution in [2.24, 2.45) is 5.41 Å². The minimum Gasteiger partial charge on any atom is -0.307 e. The van der Waals surface area contributed by atoms with Crippen molar-refractivity contribution in [2.45, 2.75) is 117 Å². The molecule has 1 unspecified atom stereocenters. The molecule has 126 valence electrons. The Morgan fingerprint density at radius 3 is 1.38 bits per heavy atom. The Morgan fingerprint density at radius 1 is 0.714 bits per heavy atom. The van der Waals surface area contributed by atoms with Gasteiger partial charge in [-0.05, 0) is 79.6 Å². The second-order valence-electron chi connectivity index (χ2n) is 10.1. The lowest BCUT2D eigenvalue weighted by Gasteiger charge is -2.34. The van der Waals surface area contributed by atoms with Gasteiger partial charge in [0.1, 0.15) is 0 Å². The number of hydrogen-bond donors (Lipinski definition) is 2. The maximum Gasteiger partial charge on any atom is 0.0181 e. The number of rotatable bonds is 1. The molecule has 2 aliphatic rings. The van der Waals surface area contributed by atoms with Crippen LogP contribution < -0.4 is 10.6 Å². The molecule has 0 aromatic rings. The highest BCUT2D eigenvalue weighted by Crippen LogP contribution is 2.45. The molecule has 2 saturated heterocycles. The fourth-order valence-electron chi connectivity index (χ4n) is 4.18. The van der Waals surface area contributed by atoms with Crippen molar-refractivity contribution in [3.05, 3.63) is 0 Å². The normalized spacial score (nSPS) is 35.1. The third-order valence-corrected chi connectivity index (χ3v) is 5.95. The molecule has 0 saturated carbocycles. The second kappa shape index (κ2) is 5.53. The van der Waals surface area contributed by atoms with E-state index in [1.165, 1.54) is 25.7 Å². The van der Waals surface area contributed by atoms with Crippen LogP contribution in [0.3, 0.4) is 0 Å². The molecule has 2 nitrogen and oxygen atoms in total. The Bertz CT molecular complexity index is 348. The van der Waals surface area contributed by atoms with Crippen LogP contribution in [0.4, 0.5) is 0 Å². The Morgan fingerprint density at radius 2 is 1.24 bits per heavy atom. The van der Waals surface area contributed by atoms with Gasteiger partial charge in [0.05, 0.1) is 0 Å². The van der Waals surface area contributed by atoms with Crippen LogP contribution in [0.15, 0.2) is 0 Å². The van der Waals surface area contributed by atoms with E-state index in [0.717, 1.165) is 0 Å². The summed E-state index contributed by atoms with van der Waals surface area (Å²) in [6.45, 7) is 23.0. The van der Waals surface area contributed by atoms with E-state index >= 15 is 0 Å². The van der Waals surface area contributed by atoms with Gasteiger partial charge >= 0.3 is 0 Å². The van der Waals surface area contributed by atoms with E-state index in [2.05, 4.69) is 79.9 Å². The molecular formula is C19H40N2. The third kappa shape index (κ3) is 4.69. The van der Waals surface area contributed by atoms with E-state index in [-0.39, 0.29) is 5.54 Å². The summed E-state index contributed by atoms with van der Waals surface area (Å²) in [6.07, 6.45) is 5.15. The van der Waals surface area contributed by atoms with Gasteiger partial charge in [0.2, 0.25) is 0 Å². The maximum absolute atomic E-state index is 3.66. The minimum absolute atomic E-state index is 0.274. The smallest absolute Gasteiger partial charge is 0.0181 e. The summed E-state index contributed by atoms with van der Waals surface area (Å²) in [4.78, 5) is 0. The Labute approximate surface area is 133 Å². The van der Waals surface area contributed by atoms with E-state index in [0.29, 0.717) is 22.0 Å². The predicted molar refractivity (Wildman–Crippen MR) is 94.8 cm³/mol. The summed E-state index contributed by atoms with van der Waals surface area (Å²) in [5.41, 5.74) is 1.80. The van der Waals surface area contributed by atoms with E-state index in [1.54, 1.807) is 0 Å². The van der Waals surface area contributed by atoms with Gasteiger partial charge in [-0.15, -0.1) is 0 Å². The third-order valence-electron chi connectivity index (χ3n) is 5.95. The Balaban J connectivity index is 0.000000211. The van der Waals surface area contributed by atoms with Crippen molar-refractivity contribution in [1.29, 1.82) is 0 Å². The zero-order valence-corrected chi connectivity index (χ0v) is 16.3. The molecule has 2 heterocycles. The van der Waals surface area contributed by atoms with Gasteiger partial charge < -0.3 is 10.6 Å². The number of hydrogen-bond acceptors (Lipinski definition) is 2. The SMILES string of the molecule is CC1(C)CC(C)(C)C(C)(C)N1.CCC1(C)CCC(C)(C)N1. The first-order valence-corrected chi connectivity index (χ1v) is 8.72. The molecule has 0 aliphatic carbocycles. The van der Waals surface area contributed by atoms with Gasteiger partial charge in [-0.25, -0.2) is 0 Å². The van der Waals surface area contributed by atoms with Crippen LogP contribution in [0.5, 0.6) is 0 Å². The molecule has 0 bridgehead atoms. The van der Waals surface area contributed by atoms with E-state index in [1.807, 2.05) is 0 Å². The van der Waals surface area contributed by atoms with Gasteiger partial charge in [0, 0.05) is 22.2 Å². The molecular weight excluding hydrogens is 256 g/mol. The molecule has 0 aromatic carbocycles. The second-order valence-corrected chi connectivity index (χ2v) is 10.1. The predicted octanol–water partition coefficient (Wildman–Crippen LogP) is 4.88. The molecule has 0 aromatic heterocycles. The molecule has 2 heteroatoms. The Hall–Kier alpha value is -0.0800. The molecule has 2 N–H and O–H groups in total. The van der Waals surface area contributed by atoms with Gasteiger partial charge in [-0.1, -0.05) is 20.8 Å². The molecule has 1 atom stereocenters. The molecule has 2 rings (SSSR count). The van der Waals surface area contributed by atoms with Gasteiger partial charge in [-0.3, -0.25) is 0 Å². The van der Waals surface area contributed by atoms with Crippen LogP contribution >= 0.6 is 0 Å². The summed E-state index contributed by atoms with van der Waals surface area (Å²) in [7, 11) is 0. The monoisotopic (exact) mass is 296 g/mol. The van der Waals surface area contributed by atoms with Gasteiger partial charge in [0.25, 0.3) is 0 Å². The molecule has 0 spiro atoms. The van der Waals surface area contributed by atoms with E-state index in [9.17, 15) is 0 Å². The summed E-state index contributed by atoms with van der Waals surface area (Å²) in [5, 5.41) is 7.32. The lowest BCUT2D eigenvalue weighted by molar-refractivity contribution is 0.224. The highest BCUT2D eigenvalue weighted by Gasteiger charge is 2.49. The van der Waals surface area contributed by atoms with Crippen molar-refractivity contribution in [3.63, 3.8) is 0 Å². The Kier molecular flexibility index (Phi) is 4.99. The van der Waals surface area contributed by atoms with Crippen LogP contribution in [0.25, 0.3) is 0 Å². The lowest BCUT2D eigenvalue weighted by Crippen LogP contribution is -2.47. The van der Waals surface area contributed by atoms with Crippen molar-refractivity contribution >= 4 is 0 Å². The number of nitrogens with one attached hydrogen (secondary N) is 2. The molecule has 2 fully saturated rings. The van der Waals surface area contributed by atoms with Crippen molar-refractivity contribution in [3.8, 4) is 0 Å². The summed E-state index contributed by atoms with van der Waals surface area (Å²) < 4.78 is 0. The standard InChI is InChI=1S/C10H21N.C9H19N/c1-8(2)7-9(3,4)11-10(8,5)6;1-5-9(4)7-6-8(2,3)10-9/h11H,7H2,1-6H3;10H,5-7H2,1-4H3. The van der Waals surface area contributed by atoms with Gasteiger partial charge in [-0.2, -0.15) is 0 Å². The van der Waals surface area contributed by atoms with Gasteiger partial charge in [0.15, 0.2) is 0 Å². The maximum atomic E-state index is 3.66. The average molecular weight is 297 g/mol. The minimum atomic E-state index is 0.274. The molecule has 0 amide bonds. The topological polar surface area (TPSA) is 24.1 Å². The first-order chi connectivity index (χ1) is 9.14. The molecule has 2 aliphatic heterocycles. The van der Waals surface area contributed by atoms with Crippen molar-refractivity contribution < 1.29 is 0 Å². The quantitative estimate of drug-likeness (QED) is 0.720. The fraction of sp³-hybridized carbons (Fsp3) is 1.00. The highest BCUT2D eigenvalue weighted by atomic mass is 15.1. The zero-order valence-electron chi connectivity index (χ0n) is 16.3. The first kappa shape index (κ1) is 19.0. The van der Waals surface area contributed by atoms with E-state index in [4.69, 9.17) is 0 Å². The molecule has 21 heavy (non-hydrogen) atoms. The first-order valence-electron chi connectivity index (χ1n) is 8.72. The van der Waals surface area contributed by atoms with Crippen LogP contribution in [0, 0.1) is 5.41 Å². The largest absolute Gasteiger partial charge is 0.307 e.